The third-order valence-corrected chi connectivity index (χ3v) is 11.9. The van der Waals surface area contributed by atoms with Crippen molar-refractivity contribution in [3.63, 3.8) is 0 Å². The van der Waals surface area contributed by atoms with Crippen LogP contribution in [0.1, 0.15) is 43.3 Å². The molecule has 3 aromatic carbocycles. The highest BCUT2D eigenvalue weighted by Crippen LogP contribution is 2.43. The van der Waals surface area contributed by atoms with Crippen molar-refractivity contribution in [3.8, 4) is 0 Å². The number of hydrogen-bond donors (Lipinski definition) is 0. The molecule has 1 aromatic heterocycles. The molecule has 176 valence electrons. The Balaban J connectivity index is 1.98. The molecular formula is C29H33BrN2OSi. The zero-order chi connectivity index (χ0) is 24.4. The number of halogens is 1. The van der Waals surface area contributed by atoms with Gasteiger partial charge in [-0.05, 0) is 50.8 Å². The van der Waals surface area contributed by atoms with Crippen LogP contribution in [0.5, 0.6) is 0 Å². The molecular weight excluding hydrogens is 500 g/mol. The molecule has 3 nitrogen and oxygen atoms in total. The Morgan fingerprint density at radius 3 is 1.56 bits per heavy atom. The van der Waals surface area contributed by atoms with Crippen molar-refractivity contribution in [2.24, 2.45) is 0 Å². The van der Waals surface area contributed by atoms with Gasteiger partial charge in [-0.15, -0.1) is 0 Å². The van der Waals surface area contributed by atoms with Crippen molar-refractivity contribution in [2.75, 3.05) is 0 Å². The molecule has 0 spiro atoms. The van der Waals surface area contributed by atoms with Crippen molar-refractivity contribution in [3.05, 3.63) is 124 Å². The molecule has 0 amide bonds. The summed E-state index contributed by atoms with van der Waals surface area (Å²) >= 11 is 3.68. The molecule has 0 saturated carbocycles. The van der Waals surface area contributed by atoms with E-state index in [2.05, 4.69) is 152 Å². The molecule has 0 aliphatic carbocycles. The maximum atomic E-state index is 6.67. The van der Waals surface area contributed by atoms with Gasteiger partial charge in [0, 0.05) is 6.20 Å². The molecule has 0 saturated heterocycles. The Morgan fingerprint density at radius 1 is 0.765 bits per heavy atom. The van der Waals surface area contributed by atoms with E-state index in [1.54, 1.807) is 0 Å². The highest BCUT2D eigenvalue weighted by atomic mass is 79.9. The monoisotopic (exact) mass is 532 g/mol. The van der Waals surface area contributed by atoms with Crippen LogP contribution in [0.25, 0.3) is 0 Å². The van der Waals surface area contributed by atoms with Crippen LogP contribution in [0.4, 0.5) is 0 Å². The van der Waals surface area contributed by atoms with Crippen LogP contribution in [-0.2, 0) is 16.6 Å². The maximum Gasteiger partial charge on any atom is 0.192 e. The van der Waals surface area contributed by atoms with E-state index in [1.807, 2.05) is 0 Å². The van der Waals surface area contributed by atoms with E-state index in [0.717, 1.165) is 10.4 Å². The van der Waals surface area contributed by atoms with Gasteiger partial charge in [-0.25, -0.2) is 4.98 Å². The lowest BCUT2D eigenvalue weighted by molar-refractivity contribution is 0.257. The molecule has 0 unspecified atom stereocenters. The Kier molecular flexibility index (Phi) is 6.99. The quantitative estimate of drug-likeness (QED) is 0.178. The van der Waals surface area contributed by atoms with Crippen LogP contribution in [0.2, 0.25) is 18.1 Å². The number of hydrogen-bond acceptors (Lipinski definition) is 2. The second kappa shape index (κ2) is 9.65. The third-order valence-electron chi connectivity index (χ3n) is 7.05. The Hall–Kier alpha value is -2.47. The normalized spacial score (nSPS) is 12.6. The van der Waals surface area contributed by atoms with E-state index in [9.17, 15) is 0 Å². The lowest BCUT2D eigenvalue weighted by atomic mass is 9.76. The molecule has 4 rings (SSSR count). The second-order valence-electron chi connectivity index (χ2n) is 10.2. The van der Waals surface area contributed by atoms with Crippen molar-refractivity contribution >= 4 is 24.2 Å². The van der Waals surface area contributed by atoms with Gasteiger partial charge in [0.15, 0.2) is 8.32 Å². The largest absolute Gasteiger partial charge is 0.409 e. The summed E-state index contributed by atoms with van der Waals surface area (Å²) in [5.74, 6) is 0.897. The van der Waals surface area contributed by atoms with Gasteiger partial charge < -0.3 is 8.99 Å². The zero-order valence-corrected chi connectivity index (χ0v) is 23.2. The van der Waals surface area contributed by atoms with Crippen LogP contribution in [-0.4, -0.2) is 17.9 Å². The first kappa shape index (κ1) is 24.6. The summed E-state index contributed by atoms with van der Waals surface area (Å²) in [5, 5.41) is 0.122. The molecule has 0 bridgehead atoms. The number of nitrogens with zero attached hydrogens (tertiary/aromatic N) is 2. The van der Waals surface area contributed by atoms with Gasteiger partial charge >= 0.3 is 0 Å². The first-order valence-electron chi connectivity index (χ1n) is 11.7. The standard InChI is InChI=1S/C29H33BrN2OSi/c1-28(2,3)34(4,5)33-22-27-31-26(30)21-32(27)29(23-15-9-6-10-16-23,24-17-11-7-12-18-24)25-19-13-8-14-20-25/h6-21H,22H2,1-5H3. The Morgan fingerprint density at radius 2 is 1.18 bits per heavy atom. The fourth-order valence-corrected chi connectivity index (χ4v) is 5.53. The summed E-state index contributed by atoms with van der Waals surface area (Å²) < 4.78 is 9.77. The smallest absolute Gasteiger partial charge is 0.192 e. The van der Waals surface area contributed by atoms with E-state index in [1.165, 1.54) is 16.7 Å². The first-order valence-corrected chi connectivity index (χ1v) is 15.4. The van der Waals surface area contributed by atoms with Crippen molar-refractivity contribution in [1.29, 1.82) is 0 Å². The van der Waals surface area contributed by atoms with Gasteiger partial charge in [-0.1, -0.05) is 112 Å². The average Bonchev–Trinajstić information content (AvgIpc) is 3.20. The lowest BCUT2D eigenvalue weighted by Gasteiger charge is -2.39. The number of imidazole rings is 1. The second-order valence-corrected chi connectivity index (χ2v) is 15.8. The molecule has 0 N–H and O–H groups in total. The molecule has 1 heterocycles. The zero-order valence-electron chi connectivity index (χ0n) is 20.6. The highest BCUT2D eigenvalue weighted by Gasteiger charge is 2.41. The Bertz CT molecular complexity index is 1120. The minimum atomic E-state index is -1.97. The van der Waals surface area contributed by atoms with E-state index in [0.29, 0.717) is 6.61 Å². The average molecular weight is 534 g/mol. The van der Waals surface area contributed by atoms with Crippen molar-refractivity contribution in [1.82, 2.24) is 9.55 Å². The minimum absolute atomic E-state index is 0.122. The van der Waals surface area contributed by atoms with Crippen LogP contribution in [0.3, 0.4) is 0 Å². The number of aromatic nitrogens is 2. The van der Waals surface area contributed by atoms with Gasteiger partial charge in [0.2, 0.25) is 0 Å². The van der Waals surface area contributed by atoms with Gasteiger partial charge in [-0.3, -0.25) is 0 Å². The van der Waals surface area contributed by atoms with Crippen LogP contribution in [0, 0.1) is 0 Å². The van der Waals surface area contributed by atoms with E-state index in [-0.39, 0.29) is 5.04 Å². The van der Waals surface area contributed by atoms with Gasteiger partial charge in [-0.2, -0.15) is 0 Å². The van der Waals surface area contributed by atoms with Gasteiger partial charge in [0.1, 0.15) is 16.0 Å². The third kappa shape index (κ3) is 4.57. The topological polar surface area (TPSA) is 27.1 Å². The molecule has 0 aliphatic rings. The van der Waals surface area contributed by atoms with E-state index in [4.69, 9.17) is 9.41 Å². The summed E-state index contributed by atoms with van der Waals surface area (Å²) in [5.41, 5.74) is 2.91. The molecule has 34 heavy (non-hydrogen) atoms. The predicted octanol–water partition coefficient (Wildman–Crippen LogP) is 8.01. The molecule has 0 fully saturated rings. The minimum Gasteiger partial charge on any atom is -0.409 e. The highest BCUT2D eigenvalue weighted by molar-refractivity contribution is 9.10. The Labute approximate surface area is 213 Å². The summed E-state index contributed by atoms with van der Waals surface area (Å²) in [6.45, 7) is 11.8. The molecule has 5 heteroatoms. The fraction of sp³-hybridized carbons (Fsp3) is 0.276. The lowest BCUT2D eigenvalue weighted by Crippen LogP contribution is -2.42. The summed E-state index contributed by atoms with van der Waals surface area (Å²) in [6, 6.07) is 32.0. The van der Waals surface area contributed by atoms with Crippen LogP contribution < -0.4 is 0 Å². The van der Waals surface area contributed by atoms with Crippen LogP contribution >= 0.6 is 15.9 Å². The van der Waals surface area contributed by atoms with Crippen molar-refractivity contribution in [2.45, 2.75) is 51.0 Å². The molecule has 0 aliphatic heterocycles. The van der Waals surface area contributed by atoms with Crippen LogP contribution in [0.15, 0.2) is 102 Å². The van der Waals surface area contributed by atoms with Crippen molar-refractivity contribution < 1.29 is 4.43 Å². The first-order chi connectivity index (χ1) is 16.2. The summed E-state index contributed by atoms with van der Waals surface area (Å²) in [4.78, 5) is 4.92. The predicted molar refractivity (Wildman–Crippen MR) is 147 cm³/mol. The van der Waals surface area contributed by atoms with Gasteiger partial charge in [0.05, 0.1) is 6.61 Å². The SMILES string of the molecule is CC(C)(C)[Si](C)(C)OCc1nc(Br)cn1C(c1ccccc1)(c1ccccc1)c1ccccc1. The van der Waals surface area contributed by atoms with Gasteiger partial charge in [0.25, 0.3) is 0 Å². The summed E-state index contributed by atoms with van der Waals surface area (Å²) in [6.07, 6.45) is 2.09. The van der Waals surface area contributed by atoms with E-state index < -0.39 is 13.9 Å². The van der Waals surface area contributed by atoms with E-state index >= 15 is 0 Å². The molecule has 0 radical (unpaired) electrons. The fourth-order valence-electron chi connectivity index (χ4n) is 4.20. The molecule has 0 atom stereocenters. The molecule has 4 aromatic rings. The number of rotatable bonds is 7. The number of benzene rings is 3. The summed E-state index contributed by atoms with van der Waals surface area (Å²) in [7, 11) is -1.97. The maximum absolute atomic E-state index is 6.67.